The van der Waals surface area contributed by atoms with Crippen molar-refractivity contribution >= 4 is 29.9 Å². The average molecular weight is 492 g/mol. The quantitative estimate of drug-likeness (QED) is 0.333. The molecule has 0 radical (unpaired) electrons. The molecule has 2 rings (SSSR count). The summed E-state index contributed by atoms with van der Waals surface area (Å²) in [6, 6.07) is 5.30. The highest BCUT2D eigenvalue weighted by atomic mass is 127. The largest absolute Gasteiger partial charge is 0.383 e. The number of hydrogen-bond donors (Lipinski definition) is 2. The first-order valence-corrected chi connectivity index (χ1v) is 9.60. The predicted octanol–water partition coefficient (Wildman–Crippen LogP) is 3.17. The monoisotopic (exact) mass is 492 g/mol. The van der Waals surface area contributed by atoms with Gasteiger partial charge in [-0.15, -0.1) is 24.0 Å². The van der Waals surface area contributed by atoms with Crippen molar-refractivity contribution in [2.45, 2.75) is 33.2 Å². The van der Waals surface area contributed by atoms with Gasteiger partial charge in [0.2, 0.25) is 0 Å². The number of aliphatic imine (C=N–C) groups is 1. The molecule has 2 N–H and O–H groups in total. The topological polar surface area (TPSA) is 48.9 Å². The zero-order valence-electron chi connectivity index (χ0n) is 16.8. The smallest absolute Gasteiger partial charge is 0.191 e. The van der Waals surface area contributed by atoms with E-state index >= 15 is 0 Å². The van der Waals surface area contributed by atoms with Crippen molar-refractivity contribution in [1.82, 2.24) is 15.5 Å². The van der Waals surface area contributed by atoms with Crippen LogP contribution in [0.2, 0.25) is 0 Å². The Hall–Kier alpha value is -0.930. The maximum atomic E-state index is 13.7. The molecule has 0 saturated carbocycles. The Bertz CT molecular complexity index is 577. The van der Waals surface area contributed by atoms with Crippen molar-refractivity contribution in [3.8, 4) is 0 Å². The molecule has 5 nitrogen and oxygen atoms in total. The number of benzene rings is 1. The van der Waals surface area contributed by atoms with Gasteiger partial charge in [-0.1, -0.05) is 12.1 Å². The molecule has 1 aromatic rings. The van der Waals surface area contributed by atoms with Gasteiger partial charge in [0.15, 0.2) is 5.96 Å². The minimum Gasteiger partial charge on any atom is -0.383 e. The second-order valence-electron chi connectivity index (χ2n) is 6.94. The molecule has 1 aliphatic rings. The van der Waals surface area contributed by atoms with Crippen LogP contribution in [0, 0.1) is 18.7 Å². The number of methoxy groups -OCH3 is 1. The first kappa shape index (κ1) is 24.1. The van der Waals surface area contributed by atoms with Gasteiger partial charge in [-0.3, -0.25) is 0 Å². The SMILES string of the molecule is CCNC(=NCc1ccc(C)c(F)c1)NCC1CCN(CCOC)CC1.I. The summed E-state index contributed by atoms with van der Waals surface area (Å²) < 4.78 is 18.8. The number of piperidine rings is 1. The Morgan fingerprint density at radius 2 is 2.04 bits per heavy atom. The summed E-state index contributed by atoms with van der Waals surface area (Å²) in [6.45, 7) is 10.1. The van der Waals surface area contributed by atoms with Gasteiger partial charge in [0.1, 0.15) is 5.82 Å². The standard InChI is InChI=1S/C20H33FN4O.HI/c1-4-22-20(24-15-18-6-5-16(2)19(21)13-18)23-14-17-7-9-25(10-8-17)11-12-26-3;/h5-6,13,17H,4,7-12,14-15H2,1-3H3,(H2,22,23,24);1H. The molecule has 0 spiro atoms. The maximum absolute atomic E-state index is 13.7. The summed E-state index contributed by atoms with van der Waals surface area (Å²) in [5.74, 6) is 1.29. The first-order valence-electron chi connectivity index (χ1n) is 9.60. The normalized spacial score (nSPS) is 16.1. The van der Waals surface area contributed by atoms with Gasteiger partial charge in [-0.05, 0) is 62.9 Å². The van der Waals surface area contributed by atoms with E-state index in [9.17, 15) is 4.39 Å². The fourth-order valence-corrected chi connectivity index (χ4v) is 3.12. The predicted molar refractivity (Wildman–Crippen MR) is 120 cm³/mol. The summed E-state index contributed by atoms with van der Waals surface area (Å²) in [6.07, 6.45) is 2.39. The van der Waals surface area contributed by atoms with Crippen molar-refractivity contribution in [2.24, 2.45) is 10.9 Å². The van der Waals surface area contributed by atoms with Gasteiger partial charge in [-0.2, -0.15) is 0 Å². The molecule has 0 unspecified atom stereocenters. The Morgan fingerprint density at radius 1 is 1.30 bits per heavy atom. The molecular weight excluding hydrogens is 458 g/mol. The van der Waals surface area contributed by atoms with E-state index in [-0.39, 0.29) is 29.8 Å². The molecule has 0 aliphatic carbocycles. The van der Waals surface area contributed by atoms with Crippen LogP contribution in [-0.2, 0) is 11.3 Å². The van der Waals surface area contributed by atoms with E-state index in [1.54, 1.807) is 26.2 Å². The third-order valence-electron chi connectivity index (χ3n) is 4.88. The molecule has 0 bridgehead atoms. The number of halogens is 2. The maximum Gasteiger partial charge on any atom is 0.191 e. The number of nitrogens with one attached hydrogen (secondary N) is 2. The van der Waals surface area contributed by atoms with Crippen LogP contribution >= 0.6 is 24.0 Å². The zero-order valence-corrected chi connectivity index (χ0v) is 19.1. The molecule has 1 fully saturated rings. The van der Waals surface area contributed by atoms with Crippen LogP contribution in [0.4, 0.5) is 4.39 Å². The van der Waals surface area contributed by atoms with E-state index in [1.165, 1.54) is 12.8 Å². The minimum atomic E-state index is -0.170. The van der Waals surface area contributed by atoms with Crippen molar-refractivity contribution in [3.05, 3.63) is 35.1 Å². The van der Waals surface area contributed by atoms with Crippen LogP contribution in [0.25, 0.3) is 0 Å². The van der Waals surface area contributed by atoms with E-state index in [0.29, 0.717) is 18.0 Å². The molecule has 1 heterocycles. The fourth-order valence-electron chi connectivity index (χ4n) is 3.12. The summed E-state index contributed by atoms with van der Waals surface area (Å²) in [4.78, 5) is 7.06. The molecule has 7 heteroatoms. The summed E-state index contributed by atoms with van der Waals surface area (Å²) >= 11 is 0. The van der Waals surface area contributed by atoms with Crippen molar-refractivity contribution in [1.29, 1.82) is 0 Å². The van der Waals surface area contributed by atoms with Gasteiger partial charge in [0.25, 0.3) is 0 Å². The molecule has 1 aliphatic heterocycles. The molecule has 154 valence electrons. The molecular formula is C20H34FIN4O. The van der Waals surface area contributed by atoms with Crippen LogP contribution in [-0.4, -0.2) is 57.3 Å². The Morgan fingerprint density at radius 3 is 2.67 bits per heavy atom. The highest BCUT2D eigenvalue weighted by Crippen LogP contribution is 2.16. The summed E-state index contributed by atoms with van der Waals surface area (Å²) in [5, 5.41) is 6.72. The minimum absolute atomic E-state index is 0. The van der Waals surface area contributed by atoms with E-state index in [0.717, 1.165) is 50.9 Å². The van der Waals surface area contributed by atoms with Crippen LogP contribution in [0.15, 0.2) is 23.2 Å². The Balaban J connectivity index is 0.00000364. The molecule has 0 aromatic heterocycles. The van der Waals surface area contributed by atoms with Gasteiger partial charge in [0, 0.05) is 26.7 Å². The van der Waals surface area contributed by atoms with Crippen LogP contribution in [0.5, 0.6) is 0 Å². The highest BCUT2D eigenvalue weighted by Gasteiger charge is 2.18. The number of hydrogen-bond acceptors (Lipinski definition) is 3. The van der Waals surface area contributed by atoms with E-state index < -0.39 is 0 Å². The summed E-state index contributed by atoms with van der Waals surface area (Å²) in [7, 11) is 1.75. The molecule has 1 aromatic carbocycles. The van der Waals surface area contributed by atoms with Gasteiger partial charge in [0.05, 0.1) is 13.2 Å². The molecule has 0 amide bonds. The lowest BCUT2D eigenvalue weighted by Gasteiger charge is -2.32. The third-order valence-corrected chi connectivity index (χ3v) is 4.88. The van der Waals surface area contributed by atoms with Crippen LogP contribution < -0.4 is 10.6 Å². The van der Waals surface area contributed by atoms with Gasteiger partial charge in [-0.25, -0.2) is 9.38 Å². The Kier molecular flexibility index (Phi) is 11.9. The first-order chi connectivity index (χ1) is 12.6. The third kappa shape index (κ3) is 8.74. The van der Waals surface area contributed by atoms with E-state index in [2.05, 4.69) is 27.4 Å². The number of ether oxygens (including phenoxy) is 1. The van der Waals surface area contributed by atoms with Crippen molar-refractivity contribution < 1.29 is 9.13 Å². The second-order valence-corrected chi connectivity index (χ2v) is 6.94. The highest BCUT2D eigenvalue weighted by molar-refractivity contribution is 14.0. The number of guanidine groups is 1. The van der Waals surface area contributed by atoms with Crippen LogP contribution in [0.3, 0.4) is 0 Å². The number of nitrogens with zero attached hydrogens (tertiary/aromatic N) is 2. The lowest BCUT2D eigenvalue weighted by Crippen LogP contribution is -2.43. The fraction of sp³-hybridized carbons (Fsp3) is 0.650. The number of likely N-dealkylation sites (tertiary alicyclic amines) is 1. The Labute approximate surface area is 180 Å². The van der Waals surface area contributed by atoms with Crippen molar-refractivity contribution in [2.75, 3.05) is 46.4 Å². The molecule has 1 saturated heterocycles. The second kappa shape index (κ2) is 13.3. The molecule has 0 atom stereocenters. The lowest BCUT2D eigenvalue weighted by atomic mass is 9.97. The van der Waals surface area contributed by atoms with Gasteiger partial charge >= 0.3 is 0 Å². The average Bonchev–Trinajstić information content (AvgIpc) is 2.66. The van der Waals surface area contributed by atoms with Crippen LogP contribution in [0.1, 0.15) is 30.9 Å². The van der Waals surface area contributed by atoms with Gasteiger partial charge < -0.3 is 20.3 Å². The lowest BCUT2D eigenvalue weighted by molar-refractivity contribution is 0.121. The van der Waals surface area contributed by atoms with E-state index in [4.69, 9.17) is 4.74 Å². The number of rotatable bonds is 8. The summed E-state index contributed by atoms with van der Waals surface area (Å²) in [5.41, 5.74) is 1.55. The number of aryl methyl sites for hydroxylation is 1. The van der Waals surface area contributed by atoms with E-state index in [1.807, 2.05) is 6.07 Å². The molecule has 27 heavy (non-hydrogen) atoms. The zero-order chi connectivity index (χ0) is 18.8. The van der Waals surface area contributed by atoms with Crippen molar-refractivity contribution in [3.63, 3.8) is 0 Å².